The Kier molecular flexibility index (Phi) is 2.92. The van der Waals surface area contributed by atoms with Gasteiger partial charge >= 0.3 is 0 Å². The Morgan fingerprint density at radius 3 is 2.57 bits per heavy atom. The molecule has 0 aliphatic carbocycles. The summed E-state index contributed by atoms with van der Waals surface area (Å²) < 4.78 is 0. The first-order valence-electron chi connectivity index (χ1n) is 1.99. The molecule has 0 atom stereocenters. The summed E-state index contributed by atoms with van der Waals surface area (Å²) in [5.74, 6) is 0. The summed E-state index contributed by atoms with van der Waals surface area (Å²) >= 11 is 0. The number of hydrogen-bond donors (Lipinski definition) is 1. The molecule has 0 heterocycles. The molecule has 0 aliphatic heterocycles. The van der Waals surface area contributed by atoms with Gasteiger partial charge in [0, 0.05) is 12.1 Å². The largest absolute Gasteiger partial charge is 0.402 e. The van der Waals surface area contributed by atoms with Gasteiger partial charge in [-0.15, -0.1) is 0 Å². The molecule has 40 valence electrons. The highest BCUT2D eigenvalue weighted by atomic mass is 16.3. The minimum Gasteiger partial charge on any atom is -0.402 e. The first-order valence-corrected chi connectivity index (χ1v) is 1.99. The van der Waals surface area contributed by atoms with Crippen molar-refractivity contribution in [3.8, 4) is 0 Å². The smallest absolute Gasteiger partial charge is 0.0865 e. The SMILES string of the molecule is C=C(N)CCN=O. The van der Waals surface area contributed by atoms with Crippen LogP contribution in [0.1, 0.15) is 6.42 Å². The third-order valence-electron chi connectivity index (χ3n) is 0.524. The van der Waals surface area contributed by atoms with Crippen molar-refractivity contribution < 1.29 is 0 Å². The Bertz CT molecular complexity index is 79.8. The number of hydrogen-bond acceptors (Lipinski definition) is 3. The average Bonchev–Trinajstić information content (AvgIpc) is 1.61. The number of nitroso groups, excluding NO2 is 1. The van der Waals surface area contributed by atoms with E-state index in [4.69, 9.17) is 5.73 Å². The number of rotatable bonds is 3. The molecule has 0 saturated carbocycles. The zero-order chi connectivity index (χ0) is 5.70. The number of nitrogens with two attached hydrogens (primary N) is 1. The maximum atomic E-state index is 9.36. The van der Waals surface area contributed by atoms with Gasteiger partial charge in [0.2, 0.25) is 0 Å². The Balaban J connectivity index is 2.97. The first-order chi connectivity index (χ1) is 3.27. The lowest BCUT2D eigenvalue weighted by molar-refractivity contribution is 0.934. The fourth-order valence-electron chi connectivity index (χ4n) is 0.189. The summed E-state index contributed by atoms with van der Waals surface area (Å²) in [5, 5.41) is 2.58. The van der Waals surface area contributed by atoms with E-state index in [0.29, 0.717) is 12.1 Å². The topological polar surface area (TPSA) is 55.4 Å². The van der Waals surface area contributed by atoms with Gasteiger partial charge in [-0.3, -0.25) is 0 Å². The molecule has 0 saturated heterocycles. The van der Waals surface area contributed by atoms with Crippen molar-refractivity contribution in [2.45, 2.75) is 6.42 Å². The van der Waals surface area contributed by atoms with Crippen molar-refractivity contribution in [1.82, 2.24) is 0 Å². The fourth-order valence-corrected chi connectivity index (χ4v) is 0.189. The molecule has 0 aromatic carbocycles. The predicted octanol–water partition coefficient (Wildman–Crippen LogP) is 0.615. The predicted molar refractivity (Wildman–Crippen MR) is 28.6 cm³/mol. The zero-order valence-electron chi connectivity index (χ0n) is 4.05. The summed E-state index contributed by atoms with van der Waals surface area (Å²) in [4.78, 5) is 9.36. The maximum absolute atomic E-state index is 9.36. The van der Waals surface area contributed by atoms with Crippen LogP contribution in [0.4, 0.5) is 0 Å². The van der Waals surface area contributed by atoms with Crippen molar-refractivity contribution in [3.63, 3.8) is 0 Å². The van der Waals surface area contributed by atoms with Crippen molar-refractivity contribution >= 4 is 0 Å². The van der Waals surface area contributed by atoms with E-state index in [1.165, 1.54) is 0 Å². The van der Waals surface area contributed by atoms with Gasteiger partial charge in [-0.25, -0.2) is 0 Å². The molecule has 0 aromatic rings. The quantitative estimate of drug-likeness (QED) is 0.528. The molecule has 0 aliphatic rings. The molecule has 2 N–H and O–H groups in total. The van der Waals surface area contributed by atoms with E-state index in [-0.39, 0.29) is 6.54 Å². The van der Waals surface area contributed by atoms with E-state index in [1.54, 1.807) is 0 Å². The average molecular weight is 100 g/mol. The molecule has 0 spiro atoms. The van der Waals surface area contributed by atoms with E-state index in [9.17, 15) is 4.91 Å². The second kappa shape index (κ2) is 3.33. The summed E-state index contributed by atoms with van der Waals surface area (Å²) in [6.07, 6.45) is 0.503. The molecule has 0 amide bonds. The van der Waals surface area contributed by atoms with Crippen LogP contribution in [0, 0.1) is 4.91 Å². The second-order valence-corrected chi connectivity index (χ2v) is 1.26. The highest BCUT2D eigenvalue weighted by Gasteiger charge is 1.82. The Morgan fingerprint density at radius 2 is 2.43 bits per heavy atom. The Morgan fingerprint density at radius 1 is 1.86 bits per heavy atom. The van der Waals surface area contributed by atoms with Crippen LogP contribution in [0.15, 0.2) is 17.5 Å². The van der Waals surface area contributed by atoms with Crippen LogP contribution in [0.25, 0.3) is 0 Å². The van der Waals surface area contributed by atoms with Crippen LogP contribution in [-0.2, 0) is 0 Å². The van der Waals surface area contributed by atoms with E-state index < -0.39 is 0 Å². The van der Waals surface area contributed by atoms with E-state index in [1.807, 2.05) is 0 Å². The van der Waals surface area contributed by atoms with Crippen molar-refractivity contribution in [3.05, 3.63) is 17.2 Å². The van der Waals surface area contributed by atoms with Gasteiger partial charge in [0.05, 0.1) is 6.54 Å². The van der Waals surface area contributed by atoms with Gasteiger partial charge in [-0.1, -0.05) is 11.8 Å². The minimum absolute atomic E-state index is 0.245. The molecule has 0 aromatic heterocycles. The summed E-state index contributed by atoms with van der Waals surface area (Å²) in [6, 6.07) is 0. The van der Waals surface area contributed by atoms with Gasteiger partial charge in [0.1, 0.15) is 0 Å². The van der Waals surface area contributed by atoms with E-state index >= 15 is 0 Å². The highest BCUT2D eigenvalue weighted by molar-refractivity contribution is 4.85. The van der Waals surface area contributed by atoms with Crippen LogP contribution >= 0.6 is 0 Å². The van der Waals surface area contributed by atoms with Gasteiger partial charge in [-0.05, 0) is 0 Å². The molecule has 3 heteroatoms. The zero-order valence-corrected chi connectivity index (χ0v) is 4.05. The van der Waals surface area contributed by atoms with Gasteiger partial charge < -0.3 is 5.73 Å². The maximum Gasteiger partial charge on any atom is 0.0865 e. The van der Waals surface area contributed by atoms with Crippen molar-refractivity contribution in [2.24, 2.45) is 10.9 Å². The van der Waals surface area contributed by atoms with Gasteiger partial charge in [0.15, 0.2) is 0 Å². The molecule has 0 rings (SSSR count). The Hall–Kier alpha value is -0.860. The summed E-state index contributed by atoms with van der Waals surface area (Å²) in [5.41, 5.74) is 5.60. The molecule has 0 radical (unpaired) electrons. The lowest BCUT2D eigenvalue weighted by Crippen LogP contribution is -1.95. The molecule has 0 unspecified atom stereocenters. The third-order valence-corrected chi connectivity index (χ3v) is 0.524. The van der Waals surface area contributed by atoms with E-state index in [2.05, 4.69) is 11.8 Å². The normalized spacial score (nSPS) is 8.00. The van der Waals surface area contributed by atoms with Crippen LogP contribution in [0.2, 0.25) is 0 Å². The summed E-state index contributed by atoms with van der Waals surface area (Å²) in [7, 11) is 0. The first kappa shape index (κ1) is 6.14. The minimum atomic E-state index is 0.245. The molecule has 3 nitrogen and oxygen atoms in total. The standard InChI is InChI=1S/C4H8N2O/c1-4(5)2-3-6-7/h1-3,5H2. The Labute approximate surface area is 42.2 Å². The lowest BCUT2D eigenvalue weighted by Gasteiger charge is -1.87. The number of nitrogens with zero attached hydrogens (tertiary/aromatic N) is 1. The molecule has 0 fully saturated rings. The van der Waals surface area contributed by atoms with Gasteiger partial charge in [0.25, 0.3) is 0 Å². The molecule has 7 heavy (non-hydrogen) atoms. The molecule has 0 bridgehead atoms. The van der Waals surface area contributed by atoms with Crippen LogP contribution in [0.3, 0.4) is 0 Å². The van der Waals surface area contributed by atoms with Crippen LogP contribution < -0.4 is 5.73 Å². The van der Waals surface area contributed by atoms with Crippen LogP contribution in [0.5, 0.6) is 0 Å². The molecular weight excluding hydrogens is 92.1 g/mol. The van der Waals surface area contributed by atoms with Crippen molar-refractivity contribution in [2.75, 3.05) is 6.54 Å². The monoisotopic (exact) mass is 100 g/mol. The van der Waals surface area contributed by atoms with E-state index in [0.717, 1.165) is 0 Å². The molecular formula is C4H8N2O. The summed E-state index contributed by atoms with van der Waals surface area (Å²) in [6.45, 7) is 3.62. The highest BCUT2D eigenvalue weighted by Crippen LogP contribution is 1.85. The fraction of sp³-hybridized carbons (Fsp3) is 0.500. The third kappa shape index (κ3) is 5.14. The van der Waals surface area contributed by atoms with Crippen molar-refractivity contribution in [1.29, 1.82) is 0 Å². The van der Waals surface area contributed by atoms with Gasteiger partial charge in [-0.2, -0.15) is 4.91 Å². The van der Waals surface area contributed by atoms with Crippen LogP contribution in [-0.4, -0.2) is 6.54 Å². The second-order valence-electron chi connectivity index (χ2n) is 1.26. The lowest BCUT2D eigenvalue weighted by atomic mass is 10.4.